The average Bonchev–Trinajstić information content (AvgIpc) is 3.28. The normalized spacial score (nSPS) is 27.1. The molecule has 3 heterocycles. The van der Waals surface area contributed by atoms with Gasteiger partial charge in [-0.05, 0) is 32.1 Å². The van der Waals surface area contributed by atoms with Gasteiger partial charge in [-0.15, -0.1) is 0 Å². The Kier molecular flexibility index (Phi) is 5.19. The van der Waals surface area contributed by atoms with Crippen LogP contribution in [0, 0.1) is 5.92 Å². The van der Waals surface area contributed by atoms with Crippen molar-refractivity contribution in [1.29, 1.82) is 0 Å². The highest BCUT2D eigenvalue weighted by Crippen LogP contribution is 2.33. The third kappa shape index (κ3) is 4.01. The molecule has 0 bridgehead atoms. The van der Waals surface area contributed by atoms with Gasteiger partial charge in [-0.1, -0.05) is 0 Å². The highest BCUT2D eigenvalue weighted by molar-refractivity contribution is 5.93. The average molecular weight is 375 g/mol. The number of likely N-dealkylation sites (tertiary alicyclic amines) is 2. The Morgan fingerprint density at radius 3 is 2.59 bits per heavy atom. The van der Waals surface area contributed by atoms with Crippen LogP contribution in [0.15, 0.2) is 12.4 Å². The van der Waals surface area contributed by atoms with Crippen molar-refractivity contribution in [3.63, 3.8) is 0 Å². The fourth-order valence-electron chi connectivity index (χ4n) is 4.44. The molecule has 8 nitrogen and oxygen atoms in total. The standard InChI is InChI=1S/C19H29N5O3/c1-13(26)22-6-4-16(5-7-22)23-11-17(8-18(23)12-25)24-10-15(9-20-24)21-19(27)14-2-3-14/h9-10,14,16-18,25H,2-8,11-12H2,1H3,(H,21,27)/t17-,18-/m0/s1. The van der Waals surface area contributed by atoms with Gasteiger partial charge in [0.2, 0.25) is 11.8 Å². The molecule has 1 saturated carbocycles. The maximum Gasteiger partial charge on any atom is 0.227 e. The highest BCUT2D eigenvalue weighted by atomic mass is 16.3. The number of nitrogens with one attached hydrogen (secondary N) is 1. The first-order chi connectivity index (χ1) is 13.0. The molecule has 0 spiro atoms. The lowest BCUT2D eigenvalue weighted by Gasteiger charge is -2.38. The minimum Gasteiger partial charge on any atom is -0.395 e. The number of hydrogen-bond donors (Lipinski definition) is 2. The fraction of sp³-hybridized carbons (Fsp3) is 0.737. The molecule has 27 heavy (non-hydrogen) atoms. The van der Waals surface area contributed by atoms with Gasteiger partial charge in [-0.2, -0.15) is 5.10 Å². The molecule has 2 amide bonds. The molecule has 2 atom stereocenters. The van der Waals surface area contributed by atoms with Crippen molar-refractivity contribution in [3.8, 4) is 0 Å². The molecule has 8 heteroatoms. The summed E-state index contributed by atoms with van der Waals surface area (Å²) in [7, 11) is 0. The number of carbonyl (C=O) groups is 2. The van der Waals surface area contributed by atoms with E-state index in [0.29, 0.717) is 6.04 Å². The number of amides is 2. The Morgan fingerprint density at radius 1 is 1.22 bits per heavy atom. The van der Waals surface area contributed by atoms with Gasteiger partial charge in [0.05, 0.1) is 24.5 Å². The maximum absolute atomic E-state index is 11.9. The molecule has 2 N–H and O–H groups in total. The molecule has 0 aromatic carbocycles. The van der Waals surface area contributed by atoms with Crippen LogP contribution in [0.2, 0.25) is 0 Å². The molecule has 0 radical (unpaired) electrons. The molecule has 2 saturated heterocycles. The largest absolute Gasteiger partial charge is 0.395 e. The predicted molar refractivity (Wildman–Crippen MR) is 100 cm³/mol. The second-order valence-electron chi connectivity index (χ2n) is 8.13. The summed E-state index contributed by atoms with van der Waals surface area (Å²) in [5, 5.41) is 17.3. The smallest absolute Gasteiger partial charge is 0.227 e. The summed E-state index contributed by atoms with van der Waals surface area (Å²) in [5.74, 6) is 0.409. The molecule has 0 unspecified atom stereocenters. The second-order valence-corrected chi connectivity index (χ2v) is 8.13. The topological polar surface area (TPSA) is 90.7 Å². The van der Waals surface area contributed by atoms with Crippen molar-refractivity contribution in [2.75, 3.05) is 31.6 Å². The van der Waals surface area contributed by atoms with E-state index in [1.807, 2.05) is 15.8 Å². The van der Waals surface area contributed by atoms with Crippen LogP contribution in [-0.4, -0.2) is 74.8 Å². The molecular formula is C19H29N5O3. The van der Waals surface area contributed by atoms with Gasteiger partial charge in [-0.25, -0.2) is 0 Å². The summed E-state index contributed by atoms with van der Waals surface area (Å²) in [6.45, 7) is 4.18. The molecule has 148 valence electrons. The number of aliphatic hydroxyl groups is 1. The van der Waals surface area contributed by atoms with Crippen LogP contribution < -0.4 is 5.32 Å². The Morgan fingerprint density at radius 2 is 1.96 bits per heavy atom. The van der Waals surface area contributed by atoms with Crippen LogP contribution >= 0.6 is 0 Å². The van der Waals surface area contributed by atoms with Crippen LogP contribution in [0.1, 0.15) is 45.1 Å². The van der Waals surface area contributed by atoms with Gasteiger partial charge in [0.1, 0.15) is 0 Å². The summed E-state index contributed by atoms with van der Waals surface area (Å²) in [4.78, 5) is 27.8. The van der Waals surface area contributed by atoms with Crippen molar-refractivity contribution in [3.05, 3.63) is 12.4 Å². The van der Waals surface area contributed by atoms with Crippen LogP contribution in [0.4, 0.5) is 5.69 Å². The van der Waals surface area contributed by atoms with E-state index in [0.717, 1.165) is 57.4 Å². The number of carbonyl (C=O) groups excluding carboxylic acids is 2. The lowest BCUT2D eigenvalue weighted by molar-refractivity contribution is -0.130. The molecular weight excluding hydrogens is 346 g/mol. The van der Waals surface area contributed by atoms with E-state index < -0.39 is 0 Å². The summed E-state index contributed by atoms with van der Waals surface area (Å²) in [6, 6.07) is 0.712. The first kappa shape index (κ1) is 18.4. The number of aromatic nitrogens is 2. The zero-order valence-corrected chi connectivity index (χ0v) is 15.9. The van der Waals surface area contributed by atoms with Crippen LogP contribution in [0.25, 0.3) is 0 Å². The first-order valence-corrected chi connectivity index (χ1v) is 10.0. The zero-order chi connectivity index (χ0) is 19.0. The van der Waals surface area contributed by atoms with Crippen molar-refractivity contribution in [2.45, 2.75) is 57.2 Å². The fourth-order valence-corrected chi connectivity index (χ4v) is 4.44. The summed E-state index contributed by atoms with van der Waals surface area (Å²) >= 11 is 0. The third-order valence-electron chi connectivity index (χ3n) is 6.22. The van der Waals surface area contributed by atoms with E-state index in [2.05, 4.69) is 15.3 Å². The van der Waals surface area contributed by atoms with E-state index in [4.69, 9.17) is 0 Å². The molecule has 3 aliphatic rings. The number of piperidine rings is 1. The number of hydrogen-bond acceptors (Lipinski definition) is 5. The lowest BCUT2D eigenvalue weighted by Crippen LogP contribution is -2.48. The molecule has 2 aliphatic heterocycles. The van der Waals surface area contributed by atoms with Gasteiger partial charge in [0, 0.05) is 50.8 Å². The molecule has 3 fully saturated rings. The second kappa shape index (κ2) is 7.59. The van der Waals surface area contributed by atoms with E-state index in [9.17, 15) is 14.7 Å². The molecule has 4 rings (SSSR count). The molecule has 1 aliphatic carbocycles. The summed E-state index contributed by atoms with van der Waals surface area (Å²) in [5.41, 5.74) is 0.751. The number of nitrogens with zero attached hydrogens (tertiary/aromatic N) is 4. The first-order valence-electron chi connectivity index (χ1n) is 10.0. The van der Waals surface area contributed by atoms with E-state index in [1.165, 1.54) is 0 Å². The van der Waals surface area contributed by atoms with Crippen LogP contribution in [-0.2, 0) is 9.59 Å². The number of anilines is 1. The van der Waals surface area contributed by atoms with Crippen molar-refractivity contribution in [1.82, 2.24) is 19.6 Å². The zero-order valence-electron chi connectivity index (χ0n) is 15.9. The van der Waals surface area contributed by atoms with E-state index in [-0.39, 0.29) is 36.4 Å². The Balaban J connectivity index is 1.37. The van der Waals surface area contributed by atoms with Crippen molar-refractivity contribution >= 4 is 17.5 Å². The molecule has 1 aromatic rings. The summed E-state index contributed by atoms with van der Waals surface area (Å²) in [6.07, 6.45) is 8.33. The minimum absolute atomic E-state index is 0.0908. The van der Waals surface area contributed by atoms with Gasteiger partial charge >= 0.3 is 0 Å². The monoisotopic (exact) mass is 375 g/mol. The maximum atomic E-state index is 11.9. The quantitative estimate of drug-likeness (QED) is 0.796. The SMILES string of the molecule is CC(=O)N1CCC(N2C[C@@H](n3cc(NC(=O)C4CC4)cn3)C[C@H]2CO)CC1. The number of rotatable bonds is 5. The van der Waals surface area contributed by atoms with Crippen LogP contribution in [0.3, 0.4) is 0 Å². The number of aliphatic hydroxyl groups excluding tert-OH is 1. The van der Waals surface area contributed by atoms with Crippen LogP contribution in [0.5, 0.6) is 0 Å². The van der Waals surface area contributed by atoms with Gasteiger partial charge in [-0.3, -0.25) is 19.2 Å². The molecule has 1 aromatic heterocycles. The third-order valence-corrected chi connectivity index (χ3v) is 6.22. The van der Waals surface area contributed by atoms with Crippen molar-refractivity contribution < 1.29 is 14.7 Å². The van der Waals surface area contributed by atoms with E-state index in [1.54, 1.807) is 13.1 Å². The van der Waals surface area contributed by atoms with Gasteiger partial charge < -0.3 is 15.3 Å². The van der Waals surface area contributed by atoms with Crippen molar-refractivity contribution in [2.24, 2.45) is 5.92 Å². The predicted octanol–water partition coefficient (Wildman–Crippen LogP) is 0.850. The Hall–Kier alpha value is -1.93. The van der Waals surface area contributed by atoms with Gasteiger partial charge in [0.25, 0.3) is 0 Å². The highest BCUT2D eigenvalue weighted by Gasteiger charge is 2.38. The minimum atomic E-state index is 0.0908. The summed E-state index contributed by atoms with van der Waals surface area (Å²) < 4.78 is 1.93. The van der Waals surface area contributed by atoms with E-state index >= 15 is 0 Å². The Bertz CT molecular complexity index is 693. The van der Waals surface area contributed by atoms with Gasteiger partial charge in [0.15, 0.2) is 0 Å². The lowest BCUT2D eigenvalue weighted by atomic mass is 10.0. The Labute approximate surface area is 159 Å².